The lowest BCUT2D eigenvalue weighted by Gasteiger charge is -2.46. The molecule has 1 aliphatic carbocycles. The van der Waals surface area contributed by atoms with Gasteiger partial charge in [0.25, 0.3) is 5.91 Å². The second-order valence-corrected chi connectivity index (χ2v) is 10.1. The Balaban J connectivity index is 1.15. The molecule has 8 nitrogen and oxygen atoms in total. The second kappa shape index (κ2) is 10.8. The molecule has 0 atom stereocenters. The van der Waals surface area contributed by atoms with E-state index in [1.165, 1.54) is 10.9 Å². The number of nitroso groups, excluding NO2 is 1. The van der Waals surface area contributed by atoms with Gasteiger partial charge in [-0.05, 0) is 49.8 Å². The van der Waals surface area contributed by atoms with Crippen molar-refractivity contribution in [3.05, 3.63) is 56.4 Å². The topological polar surface area (TPSA) is 104 Å². The van der Waals surface area contributed by atoms with E-state index >= 15 is 0 Å². The number of likely N-dealkylation sites (tertiary alicyclic amines) is 1. The van der Waals surface area contributed by atoms with E-state index in [1.807, 2.05) is 6.20 Å². The van der Waals surface area contributed by atoms with E-state index in [1.54, 1.807) is 11.3 Å². The first-order valence-electron chi connectivity index (χ1n) is 11.5. The number of rotatable bonds is 8. The molecule has 2 fully saturated rings. The van der Waals surface area contributed by atoms with Gasteiger partial charge in [-0.25, -0.2) is 4.98 Å². The van der Waals surface area contributed by atoms with Gasteiger partial charge in [0.1, 0.15) is 11.6 Å². The fourth-order valence-electron chi connectivity index (χ4n) is 4.65. The third kappa shape index (κ3) is 6.43. The molecular weight excluding hydrogens is 483 g/mol. The van der Waals surface area contributed by atoms with Crippen LogP contribution in [-0.4, -0.2) is 53.4 Å². The van der Waals surface area contributed by atoms with Crippen molar-refractivity contribution in [1.29, 1.82) is 0 Å². The molecule has 1 aromatic carbocycles. The van der Waals surface area contributed by atoms with Gasteiger partial charge in [0, 0.05) is 35.8 Å². The molecule has 0 radical (unpaired) electrons. The van der Waals surface area contributed by atoms with Crippen LogP contribution in [0.5, 0.6) is 0 Å². The van der Waals surface area contributed by atoms with Crippen LogP contribution in [0.4, 0.5) is 13.2 Å². The summed E-state index contributed by atoms with van der Waals surface area (Å²) in [5.41, 5.74) is -1.06. The largest absolute Gasteiger partial charge is 0.416 e. The molecule has 188 valence electrons. The van der Waals surface area contributed by atoms with Crippen molar-refractivity contribution in [2.24, 2.45) is 5.18 Å². The number of nitrogens with one attached hydrogen (secondary N) is 2. The minimum absolute atomic E-state index is 0.00872. The van der Waals surface area contributed by atoms with E-state index in [-0.39, 0.29) is 30.6 Å². The fraction of sp³-hybridized carbons (Fsp3) is 0.522. The highest BCUT2D eigenvalue weighted by Gasteiger charge is 2.36. The molecule has 12 heteroatoms. The third-order valence-corrected chi connectivity index (χ3v) is 7.67. The summed E-state index contributed by atoms with van der Waals surface area (Å²) in [4.78, 5) is 42.5. The van der Waals surface area contributed by atoms with Crippen LogP contribution in [0, 0.1) is 4.91 Å². The highest BCUT2D eigenvalue weighted by atomic mass is 32.1. The van der Waals surface area contributed by atoms with Gasteiger partial charge in [0.2, 0.25) is 5.91 Å². The van der Waals surface area contributed by atoms with Gasteiger partial charge in [-0.15, -0.1) is 11.3 Å². The number of thiazole rings is 1. The van der Waals surface area contributed by atoms with Crippen molar-refractivity contribution >= 4 is 23.2 Å². The number of carbonyl (C=O) groups excluding carboxylic acids is 2. The number of aromatic nitrogens is 1. The summed E-state index contributed by atoms with van der Waals surface area (Å²) in [5, 5.41) is 8.89. The summed E-state index contributed by atoms with van der Waals surface area (Å²) < 4.78 is 38.4. The highest BCUT2D eigenvalue weighted by Crippen LogP contribution is 2.38. The summed E-state index contributed by atoms with van der Waals surface area (Å²) in [6.45, 7) is 1.29. The molecule has 0 unspecified atom stereocenters. The predicted molar refractivity (Wildman–Crippen MR) is 124 cm³/mol. The van der Waals surface area contributed by atoms with Crippen LogP contribution in [-0.2, 0) is 17.5 Å². The molecule has 1 aromatic heterocycles. The Morgan fingerprint density at radius 3 is 2.60 bits per heavy atom. The molecule has 0 bridgehead atoms. The molecular formula is C23H26F3N5O3S. The van der Waals surface area contributed by atoms with Crippen molar-refractivity contribution in [1.82, 2.24) is 20.5 Å². The number of hydrogen-bond acceptors (Lipinski definition) is 7. The van der Waals surface area contributed by atoms with Crippen molar-refractivity contribution in [3.63, 3.8) is 0 Å². The average molecular weight is 510 g/mol. The van der Waals surface area contributed by atoms with Crippen LogP contribution >= 0.6 is 11.3 Å². The molecule has 2 aliphatic rings. The Labute approximate surface area is 204 Å². The molecule has 2 amide bonds. The number of alkyl halides is 3. The number of halogens is 3. The van der Waals surface area contributed by atoms with Crippen LogP contribution in [0.2, 0.25) is 0 Å². The van der Waals surface area contributed by atoms with Crippen LogP contribution < -0.4 is 10.6 Å². The first-order valence-corrected chi connectivity index (χ1v) is 12.3. The van der Waals surface area contributed by atoms with Gasteiger partial charge >= 0.3 is 6.18 Å². The van der Waals surface area contributed by atoms with Crippen molar-refractivity contribution in [2.45, 2.75) is 56.4 Å². The monoisotopic (exact) mass is 509 g/mol. The van der Waals surface area contributed by atoms with Crippen LogP contribution in [0.15, 0.2) is 35.6 Å². The van der Waals surface area contributed by atoms with Gasteiger partial charge in [0.05, 0.1) is 18.2 Å². The van der Waals surface area contributed by atoms with Crippen LogP contribution in [0.1, 0.15) is 57.4 Å². The van der Waals surface area contributed by atoms with E-state index in [9.17, 15) is 27.7 Å². The first-order chi connectivity index (χ1) is 16.7. The summed E-state index contributed by atoms with van der Waals surface area (Å²) in [7, 11) is 0. The quantitative estimate of drug-likeness (QED) is 0.529. The minimum Gasteiger partial charge on any atom is -0.349 e. The fourth-order valence-corrected chi connectivity index (χ4v) is 5.65. The maximum atomic E-state index is 12.8. The number of amides is 2. The Morgan fingerprint density at radius 2 is 1.91 bits per heavy atom. The van der Waals surface area contributed by atoms with Crippen molar-refractivity contribution in [2.75, 3.05) is 19.6 Å². The van der Waals surface area contributed by atoms with Crippen LogP contribution in [0.25, 0.3) is 0 Å². The lowest BCUT2D eigenvalue weighted by Crippen LogP contribution is -2.63. The summed E-state index contributed by atoms with van der Waals surface area (Å²) >= 11 is 1.56. The normalized spacial score (nSPS) is 21.2. The SMILES string of the molecule is O=NCc1ncc(C2CCC(N3CC(NC(=O)CNC(=O)c4cccc(C(F)(F)F)c4)C3)CC2)s1. The lowest BCUT2D eigenvalue weighted by molar-refractivity contribution is -0.137. The van der Waals surface area contributed by atoms with E-state index < -0.39 is 17.6 Å². The Bertz CT molecular complexity index is 1060. The smallest absolute Gasteiger partial charge is 0.349 e. The zero-order chi connectivity index (χ0) is 25.0. The van der Waals surface area contributed by atoms with Crippen molar-refractivity contribution < 1.29 is 22.8 Å². The molecule has 1 saturated carbocycles. The highest BCUT2D eigenvalue weighted by molar-refractivity contribution is 7.11. The second-order valence-electron chi connectivity index (χ2n) is 8.93. The zero-order valence-electron chi connectivity index (χ0n) is 18.9. The summed E-state index contributed by atoms with van der Waals surface area (Å²) in [6.07, 6.45) is 1.53. The molecule has 35 heavy (non-hydrogen) atoms. The van der Waals surface area contributed by atoms with Gasteiger partial charge < -0.3 is 10.6 Å². The maximum absolute atomic E-state index is 12.8. The number of hydrogen-bond donors (Lipinski definition) is 2. The van der Waals surface area contributed by atoms with E-state index in [0.29, 0.717) is 12.0 Å². The minimum atomic E-state index is -4.54. The maximum Gasteiger partial charge on any atom is 0.416 e. The lowest BCUT2D eigenvalue weighted by atomic mass is 9.83. The Kier molecular flexibility index (Phi) is 7.80. The van der Waals surface area contributed by atoms with Gasteiger partial charge in [-0.3, -0.25) is 14.5 Å². The molecule has 2 N–H and O–H groups in total. The average Bonchev–Trinajstić information content (AvgIpc) is 3.28. The number of nitrogens with zero attached hydrogens (tertiary/aromatic N) is 3. The number of benzene rings is 1. The van der Waals surface area contributed by atoms with E-state index in [0.717, 1.165) is 62.0 Å². The molecule has 2 aromatic rings. The molecule has 1 aliphatic heterocycles. The van der Waals surface area contributed by atoms with Gasteiger partial charge in [-0.2, -0.15) is 18.1 Å². The Morgan fingerprint density at radius 1 is 1.17 bits per heavy atom. The first kappa shape index (κ1) is 25.2. The molecule has 1 saturated heterocycles. The molecule has 2 heterocycles. The van der Waals surface area contributed by atoms with Gasteiger partial charge in [-0.1, -0.05) is 11.2 Å². The molecule has 4 rings (SSSR count). The van der Waals surface area contributed by atoms with Crippen LogP contribution in [0.3, 0.4) is 0 Å². The summed E-state index contributed by atoms with van der Waals surface area (Å²) in [6, 6.07) is 4.55. The van der Waals surface area contributed by atoms with Gasteiger partial charge in [0.15, 0.2) is 0 Å². The number of carbonyl (C=O) groups is 2. The third-order valence-electron chi connectivity index (χ3n) is 6.52. The van der Waals surface area contributed by atoms with E-state index in [2.05, 4.69) is 25.7 Å². The Hall–Kier alpha value is -2.86. The van der Waals surface area contributed by atoms with Crippen molar-refractivity contribution in [3.8, 4) is 0 Å². The summed E-state index contributed by atoms with van der Waals surface area (Å²) in [5.74, 6) is -0.639. The predicted octanol–water partition coefficient (Wildman–Crippen LogP) is 3.68. The molecule has 0 spiro atoms. The zero-order valence-corrected chi connectivity index (χ0v) is 19.7. The standard InChI is InChI=1S/C23H26F3N5O3S/c24-23(25,26)16-3-1-2-15(8-16)22(33)28-10-20(32)30-17-12-31(13-17)18-6-4-14(5-7-18)19-9-27-21(35-19)11-29-34/h1-3,8-9,14,17-18H,4-7,10-13H2,(H,28,33)(H,30,32). The van der Waals surface area contributed by atoms with E-state index in [4.69, 9.17) is 0 Å².